The summed E-state index contributed by atoms with van der Waals surface area (Å²) in [6.07, 6.45) is 1.46. The van der Waals surface area contributed by atoms with Crippen molar-refractivity contribution >= 4 is 23.3 Å². The van der Waals surface area contributed by atoms with Gasteiger partial charge in [0.25, 0.3) is 0 Å². The van der Waals surface area contributed by atoms with Crippen molar-refractivity contribution in [2.75, 3.05) is 56.7 Å². The van der Waals surface area contributed by atoms with Gasteiger partial charge in [0.05, 0.1) is 18.8 Å². The van der Waals surface area contributed by atoms with Gasteiger partial charge in [-0.1, -0.05) is 16.4 Å². The Kier molecular flexibility index (Phi) is 7.38. The second-order valence-electron chi connectivity index (χ2n) is 7.66. The van der Waals surface area contributed by atoms with Gasteiger partial charge < -0.3 is 34.2 Å². The van der Waals surface area contributed by atoms with E-state index in [9.17, 15) is 14.0 Å². The molecule has 1 aromatic carbocycles. The van der Waals surface area contributed by atoms with Crippen LogP contribution in [0.1, 0.15) is 5.76 Å². The Morgan fingerprint density at radius 2 is 1.97 bits per heavy atom. The zero-order chi connectivity index (χ0) is 23.9. The third kappa shape index (κ3) is 5.70. The number of nitrogens with zero attached hydrogens (tertiary/aromatic N) is 4. The van der Waals surface area contributed by atoms with Crippen molar-refractivity contribution in [2.24, 2.45) is 0 Å². The van der Waals surface area contributed by atoms with E-state index in [1.165, 1.54) is 19.4 Å². The second-order valence-corrected chi connectivity index (χ2v) is 7.66. The zero-order valence-electron chi connectivity index (χ0n) is 18.6. The van der Waals surface area contributed by atoms with E-state index in [4.69, 9.17) is 13.8 Å². The van der Waals surface area contributed by atoms with Gasteiger partial charge in [-0.15, -0.1) is 0 Å². The molecule has 0 atom stereocenters. The largest absolute Gasteiger partial charge is 0.375 e. The van der Waals surface area contributed by atoms with Crippen LogP contribution in [0.25, 0.3) is 11.3 Å². The Bertz CT molecular complexity index is 1110. The van der Waals surface area contributed by atoms with E-state index < -0.39 is 0 Å². The van der Waals surface area contributed by atoms with E-state index in [1.54, 1.807) is 29.2 Å². The van der Waals surface area contributed by atoms with Crippen molar-refractivity contribution in [3.8, 4) is 11.3 Å². The van der Waals surface area contributed by atoms with E-state index in [1.807, 2.05) is 4.90 Å². The minimum absolute atomic E-state index is 0.0843. The van der Waals surface area contributed by atoms with Crippen molar-refractivity contribution in [3.05, 3.63) is 48.2 Å². The standard InChI is InChI=1S/C22H25FN6O5/c1-32-14-21(30)25-13-22(31)29-7-5-28(6-8-29)19-3-2-15(10-17(19)23)18-11-16(34-26-18)12-24-20-4-9-33-27-20/h2-4,9-11H,5-8,12-14H2,1H3,(H,24,27)(H,25,30). The SMILES string of the molecule is COCC(=O)NCC(=O)N1CCN(c2ccc(-c3cc(CNc4ccon4)on3)cc2F)CC1. The minimum Gasteiger partial charge on any atom is -0.375 e. The highest BCUT2D eigenvalue weighted by atomic mass is 19.1. The summed E-state index contributed by atoms with van der Waals surface area (Å²) in [7, 11) is 1.41. The Morgan fingerprint density at radius 3 is 2.68 bits per heavy atom. The van der Waals surface area contributed by atoms with Crippen LogP contribution in [0.2, 0.25) is 0 Å². The smallest absolute Gasteiger partial charge is 0.246 e. The van der Waals surface area contributed by atoms with Gasteiger partial charge in [-0.05, 0) is 12.1 Å². The number of anilines is 2. The second kappa shape index (κ2) is 10.8. The van der Waals surface area contributed by atoms with Crippen molar-refractivity contribution in [2.45, 2.75) is 6.54 Å². The summed E-state index contributed by atoms with van der Waals surface area (Å²) in [4.78, 5) is 27.3. The maximum atomic E-state index is 14.9. The van der Waals surface area contributed by atoms with Crippen LogP contribution in [0, 0.1) is 5.82 Å². The lowest BCUT2D eigenvalue weighted by Gasteiger charge is -2.36. The van der Waals surface area contributed by atoms with Crippen molar-refractivity contribution < 1.29 is 27.8 Å². The van der Waals surface area contributed by atoms with Crippen LogP contribution in [0.4, 0.5) is 15.9 Å². The van der Waals surface area contributed by atoms with E-state index in [-0.39, 0.29) is 30.8 Å². The number of piperazine rings is 1. The molecular formula is C22H25FN6O5. The number of ether oxygens (including phenoxy) is 1. The van der Waals surface area contributed by atoms with Crippen LogP contribution in [-0.2, 0) is 20.9 Å². The van der Waals surface area contributed by atoms with Gasteiger partial charge in [-0.2, -0.15) is 0 Å². The highest BCUT2D eigenvalue weighted by molar-refractivity contribution is 5.85. The molecule has 2 aromatic heterocycles. The Labute approximate surface area is 194 Å². The number of benzene rings is 1. The average molecular weight is 472 g/mol. The number of carbonyl (C=O) groups is 2. The summed E-state index contributed by atoms with van der Waals surface area (Å²) in [5.41, 5.74) is 1.58. The number of carbonyl (C=O) groups excluding carboxylic acids is 2. The predicted molar refractivity (Wildman–Crippen MR) is 119 cm³/mol. The van der Waals surface area contributed by atoms with Crippen molar-refractivity contribution in [1.82, 2.24) is 20.5 Å². The Hall–Kier alpha value is -3.93. The molecule has 2 amide bonds. The van der Waals surface area contributed by atoms with Crippen LogP contribution < -0.4 is 15.5 Å². The van der Waals surface area contributed by atoms with Crippen molar-refractivity contribution in [1.29, 1.82) is 0 Å². The molecule has 1 aliphatic heterocycles. The number of halogens is 1. The molecule has 1 aliphatic rings. The molecule has 3 aromatic rings. The number of nitrogens with one attached hydrogen (secondary N) is 2. The van der Waals surface area contributed by atoms with Crippen LogP contribution in [-0.4, -0.2) is 73.5 Å². The molecule has 0 spiro atoms. The summed E-state index contributed by atoms with van der Waals surface area (Å²) in [6, 6.07) is 8.33. The molecule has 0 saturated carbocycles. The number of hydrogen-bond donors (Lipinski definition) is 2. The summed E-state index contributed by atoms with van der Waals surface area (Å²) >= 11 is 0. The number of hydrogen-bond acceptors (Lipinski definition) is 9. The number of methoxy groups -OCH3 is 1. The molecule has 0 bridgehead atoms. The number of amides is 2. The van der Waals surface area contributed by atoms with Gasteiger partial charge >= 0.3 is 0 Å². The first kappa shape index (κ1) is 23.2. The van der Waals surface area contributed by atoms with Gasteiger partial charge in [0.15, 0.2) is 11.6 Å². The third-order valence-corrected chi connectivity index (χ3v) is 5.37. The maximum Gasteiger partial charge on any atom is 0.246 e. The van der Waals surface area contributed by atoms with Crippen LogP contribution in [0.15, 0.2) is 45.6 Å². The molecule has 1 saturated heterocycles. The highest BCUT2D eigenvalue weighted by Crippen LogP contribution is 2.27. The topological polar surface area (TPSA) is 126 Å². The van der Waals surface area contributed by atoms with Crippen LogP contribution in [0.3, 0.4) is 0 Å². The summed E-state index contributed by atoms with van der Waals surface area (Å²) in [5.74, 6) is 0.240. The average Bonchev–Trinajstić information content (AvgIpc) is 3.54. The first-order valence-electron chi connectivity index (χ1n) is 10.7. The van der Waals surface area contributed by atoms with Crippen molar-refractivity contribution in [3.63, 3.8) is 0 Å². The normalized spacial score (nSPS) is 13.7. The Balaban J connectivity index is 1.31. The highest BCUT2D eigenvalue weighted by Gasteiger charge is 2.23. The fourth-order valence-electron chi connectivity index (χ4n) is 3.60. The van der Waals surface area contributed by atoms with E-state index >= 15 is 0 Å². The molecule has 2 N–H and O–H groups in total. The summed E-state index contributed by atoms with van der Waals surface area (Å²) in [6.45, 7) is 2.02. The van der Waals surface area contributed by atoms with Gasteiger partial charge in [0.1, 0.15) is 24.4 Å². The summed E-state index contributed by atoms with van der Waals surface area (Å²) in [5, 5.41) is 13.3. The molecule has 4 rings (SSSR count). The van der Waals surface area contributed by atoms with E-state index in [0.717, 1.165) is 0 Å². The lowest BCUT2D eigenvalue weighted by atomic mass is 10.1. The number of aromatic nitrogens is 2. The lowest BCUT2D eigenvalue weighted by Crippen LogP contribution is -2.51. The van der Waals surface area contributed by atoms with Gasteiger partial charge in [-0.3, -0.25) is 9.59 Å². The maximum absolute atomic E-state index is 14.9. The van der Waals surface area contributed by atoms with Gasteiger partial charge in [-0.25, -0.2) is 4.39 Å². The quantitative estimate of drug-likeness (QED) is 0.476. The minimum atomic E-state index is -0.380. The monoisotopic (exact) mass is 472 g/mol. The van der Waals surface area contributed by atoms with Crippen LogP contribution >= 0.6 is 0 Å². The molecule has 0 aliphatic carbocycles. The first-order valence-corrected chi connectivity index (χ1v) is 10.7. The molecule has 34 heavy (non-hydrogen) atoms. The van der Waals surface area contributed by atoms with E-state index in [0.29, 0.717) is 61.2 Å². The molecule has 180 valence electrons. The molecule has 3 heterocycles. The fraction of sp³-hybridized carbons (Fsp3) is 0.364. The lowest BCUT2D eigenvalue weighted by molar-refractivity contribution is -0.134. The third-order valence-electron chi connectivity index (χ3n) is 5.37. The molecular weight excluding hydrogens is 447 g/mol. The zero-order valence-corrected chi connectivity index (χ0v) is 18.6. The summed E-state index contributed by atoms with van der Waals surface area (Å²) < 4.78 is 29.7. The molecule has 12 heteroatoms. The first-order chi connectivity index (χ1) is 16.5. The fourth-order valence-corrected chi connectivity index (χ4v) is 3.60. The van der Waals surface area contributed by atoms with Gasteiger partial charge in [0.2, 0.25) is 11.8 Å². The number of rotatable bonds is 9. The van der Waals surface area contributed by atoms with E-state index in [2.05, 4.69) is 20.9 Å². The Morgan fingerprint density at radius 1 is 1.15 bits per heavy atom. The molecule has 11 nitrogen and oxygen atoms in total. The molecule has 1 fully saturated rings. The molecule has 0 unspecified atom stereocenters. The predicted octanol–water partition coefficient (Wildman–Crippen LogP) is 1.49. The van der Waals surface area contributed by atoms with Crippen LogP contribution in [0.5, 0.6) is 0 Å². The van der Waals surface area contributed by atoms with Gasteiger partial charge in [0, 0.05) is 51.0 Å². The molecule has 0 radical (unpaired) electrons.